The molecule has 0 spiro atoms. The number of hydrogen-bond acceptors (Lipinski definition) is 5. The smallest absolute Gasteiger partial charge is 0.240 e. The van der Waals surface area contributed by atoms with Gasteiger partial charge in [0.05, 0.1) is 11.5 Å². The van der Waals surface area contributed by atoms with Crippen molar-refractivity contribution in [3.63, 3.8) is 0 Å². The average Bonchev–Trinajstić information content (AvgIpc) is 3.52. The number of sulfonamides is 1. The maximum atomic E-state index is 13.9. The van der Waals surface area contributed by atoms with Crippen molar-refractivity contribution in [3.8, 4) is 5.75 Å². The first-order valence-electron chi connectivity index (χ1n) is 11.0. The SMILES string of the molecule is C[C@@H](CCCCCC1CCC(=O)NC1=O)NS(=O)(=O)c1ccc(F)c(OCC2CC2)c1. The van der Waals surface area contributed by atoms with Crippen molar-refractivity contribution in [2.45, 2.75) is 75.6 Å². The molecule has 2 N–H and O–H groups in total. The molecule has 31 heavy (non-hydrogen) atoms. The Kier molecular flexibility index (Phi) is 8.05. The highest BCUT2D eigenvalue weighted by atomic mass is 32.2. The third-order valence-corrected chi connectivity index (χ3v) is 7.37. The highest BCUT2D eigenvalue weighted by Crippen LogP contribution is 2.31. The molecule has 1 aliphatic heterocycles. The van der Waals surface area contributed by atoms with Crippen molar-refractivity contribution in [1.82, 2.24) is 10.0 Å². The molecule has 1 aromatic rings. The zero-order valence-electron chi connectivity index (χ0n) is 17.9. The van der Waals surface area contributed by atoms with Gasteiger partial charge < -0.3 is 4.74 Å². The van der Waals surface area contributed by atoms with Gasteiger partial charge in [0.2, 0.25) is 21.8 Å². The molecule has 172 valence electrons. The summed E-state index contributed by atoms with van der Waals surface area (Å²) in [5.41, 5.74) is 0. The van der Waals surface area contributed by atoms with E-state index in [1.54, 1.807) is 6.92 Å². The van der Waals surface area contributed by atoms with Crippen LogP contribution in [0.4, 0.5) is 4.39 Å². The minimum absolute atomic E-state index is 0.00981. The number of hydrogen-bond donors (Lipinski definition) is 2. The summed E-state index contributed by atoms with van der Waals surface area (Å²) in [6.45, 7) is 2.20. The van der Waals surface area contributed by atoms with Crippen molar-refractivity contribution >= 4 is 21.8 Å². The Morgan fingerprint density at radius 1 is 1.19 bits per heavy atom. The van der Waals surface area contributed by atoms with Crippen LogP contribution in [0.2, 0.25) is 0 Å². The van der Waals surface area contributed by atoms with E-state index in [-0.39, 0.29) is 34.4 Å². The van der Waals surface area contributed by atoms with Crippen LogP contribution in [0.1, 0.15) is 64.7 Å². The van der Waals surface area contributed by atoms with Crippen LogP contribution >= 0.6 is 0 Å². The maximum absolute atomic E-state index is 13.9. The number of piperidine rings is 1. The molecule has 9 heteroatoms. The van der Waals surface area contributed by atoms with Crippen LogP contribution in [-0.2, 0) is 19.6 Å². The first kappa shape index (κ1) is 23.7. The molecule has 7 nitrogen and oxygen atoms in total. The number of nitrogens with one attached hydrogen (secondary N) is 2. The summed E-state index contributed by atoms with van der Waals surface area (Å²) in [6, 6.07) is 3.33. The fourth-order valence-corrected chi connectivity index (χ4v) is 4.97. The van der Waals surface area contributed by atoms with Crippen LogP contribution in [-0.4, -0.2) is 32.9 Å². The average molecular weight is 455 g/mol. The molecule has 1 unspecified atom stereocenters. The van der Waals surface area contributed by atoms with Gasteiger partial charge in [-0.25, -0.2) is 17.5 Å². The minimum atomic E-state index is -3.78. The van der Waals surface area contributed by atoms with Gasteiger partial charge in [-0.15, -0.1) is 0 Å². The number of carbonyl (C=O) groups excluding carboxylic acids is 2. The molecule has 2 amide bonds. The second-order valence-electron chi connectivity index (χ2n) is 8.65. The number of unbranched alkanes of at least 4 members (excludes halogenated alkanes) is 2. The predicted octanol–water partition coefficient (Wildman–Crippen LogP) is 3.28. The quantitative estimate of drug-likeness (QED) is 0.373. The number of imide groups is 1. The van der Waals surface area contributed by atoms with Crippen molar-refractivity contribution < 1.29 is 27.1 Å². The number of ether oxygens (including phenoxy) is 1. The van der Waals surface area contributed by atoms with Gasteiger partial charge in [0.15, 0.2) is 11.6 Å². The Morgan fingerprint density at radius 2 is 1.97 bits per heavy atom. The van der Waals surface area contributed by atoms with Crippen molar-refractivity contribution in [1.29, 1.82) is 0 Å². The molecule has 1 saturated heterocycles. The highest BCUT2D eigenvalue weighted by molar-refractivity contribution is 7.89. The van der Waals surface area contributed by atoms with Crippen LogP contribution in [0.3, 0.4) is 0 Å². The summed E-state index contributed by atoms with van der Waals surface area (Å²) in [6.07, 6.45) is 7.05. The van der Waals surface area contributed by atoms with E-state index in [0.29, 0.717) is 31.8 Å². The molecule has 2 fully saturated rings. The van der Waals surface area contributed by atoms with Crippen molar-refractivity contribution in [2.75, 3.05) is 6.61 Å². The number of halogens is 1. The Balaban J connectivity index is 1.40. The van der Waals surface area contributed by atoms with Gasteiger partial charge in [-0.05, 0) is 57.1 Å². The normalized spacial score (nSPS) is 20.4. The fraction of sp³-hybridized carbons (Fsp3) is 0.636. The van der Waals surface area contributed by atoms with Gasteiger partial charge in [0.25, 0.3) is 0 Å². The van der Waals surface area contributed by atoms with Crippen LogP contribution in [0, 0.1) is 17.7 Å². The lowest BCUT2D eigenvalue weighted by atomic mass is 9.92. The number of benzene rings is 1. The summed E-state index contributed by atoms with van der Waals surface area (Å²) in [7, 11) is -3.78. The Morgan fingerprint density at radius 3 is 2.68 bits per heavy atom. The molecule has 0 aromatic heterocycles. The topological polar surface area (TPSA) is 102 Å². The third-order valence-electron chi connectivity index (χ3n) is 5.78. The van der Waals surface area contributed by atoms with Gasteiger partial charge in [0, 0.05) is 24.4 Å². The summed E-state index contributed by atoms with van der Waals surface area (Å²) >= 11 is 0. The lowest BCUT2D eigenvalue weighted by Gasteiger charge is -2.20. The van der Waals surface area contributed by atoms with E-state index >= 15 is 0 Å². The number of rotatable bonds is 12. The monoisotopic (exact) mass is 454 g/mol. The molecule has 0 bridgehead atoms. The Bertz CT molecular complexity index is 901. The van der Waals surface area contributed by atoms with Gasteiger partial charge >= 0.3 is 0 Å². The van der Waals surface area contributed by atoms with Gasteiger partial charge in [-0.3, -0.25) is 14.9 Å². The maximum Gasteiger partial charge on any atom is 0.240 e. The number of amides is 2. The van der Waals surface area contributed by atoms with Crippen molar-refractivity contribution in [2.24, 2.45) is 11.8 Å². The zero-order valence-corrected chi connectivity index (χ0v) is 18.7. The molecule has 1 aliphatic carbocycles. The molecule has 1 heterocycles. The molecular formula is C22H31FN2O5S. The highest BCUT2D eigenvalue weighted by Gasteiger charge is 2.26. The molecule has 2 aliphatic rings. The molecule has 1 saturated carbocycles. The summed E-state index contributed by atoms with van der Waals surface area (Å²) in [5.74, 6) is -0.655. The molecule has 1 aromatic carbocycles. The van der Waals surface area contributed by atoms with E-state index in [1.807, 2.05) is 0 Å². The van der Waals surface area contributed by atoms with Crippen LogP contribution < -0.4 is 14.8 Å². The van der Waals surface area contributed by atoms with Crippen LogP contribution in [0.25, 0.3) is 0 Å². The van der Waals surface area contributed by atoms with Gasteiger partial charge in [-0.2, -0.15) is 0 Å². The third kappa shape index (κ3) is 7.28. The fourth-order valence-electron chi connectivity index (χ4n) is 3.68. The summed E-state index contributed by atoms with van der Waals surface area (Å²) in [4.78, 5) is 22.9. The van der Waals surface area contributed by atoms with Crippen LogP contribution in [0.5, 0.6) is 5.75 Å². The Labute approximate surface area is 183 Å². The van der Waals surface area contributed by atoms with E-state index in [0.717, 1.165) is 44.6 Å². The molecular weight excluding hydrogens is 423 g/mol. The van der Waals surface area contributed by atoms with E-state index in [9.17, 15) is 22.4 Å². The van der Waals surface area contributed by atoms with E-state index < -0.39 is 15.8 Å². The second kappa shape index (κ2) is 10.5. The van der Waals surface area contributed by atoms with Crippen molar-refractivity contribution in [3.05, 3.63) is 24.0 Å². The summed E-state index contributed by atoms with van der Waals surface area (Å²) in [5, 5.41) is 2.37. The van der Waals surface area contributed by atoms with E-state index in [4.69, 9.17) is 4.74 Å². The second-order valence-corrected chi connectivity index (χ2v) is 10.4. The summed E-state index contributed by atoms with van der Waals surface area (Å²) < 4.78 is 47.3. The molecule has 2 atom stereocenters. The van der Waals surface area contributed by atoms with Gasteiger partial charge in [0.1, 0.15) is 0 Å². The first-order chi connectivity index (χ1) is 14.7. The van der Waals surface area contributed by atoms with E-state index in [2.05, 4.69) is 10.0 Å². The first-order valence-corrected chi connectivity index (χ1v) is 12.5. The Hall–Kier alpha value is -2.00. The minimum Gasteiger partial charge on any atom is -0.490 e. The lowest BCUT2D eigenvalue weighted by Crippen LogP contribution is -2.40. The van der Waals surface area contributed by atoms with Crippen LogP contribution in [0.15, 0.2) is 23.1 Å². The predicted molar refractivity (Wildman–Crippen MR) is 113 cm³/mol. The zero-order chi connectivity index (χ0) is 22.4. The standard InChI is InChI=1S/C22H31FN2O5S/c1-15(5-3-2-4-6-17-9-12-21(26)24-22(17)27)25-31(28,29)18-10-11-19(23)20(13-18)30-14-16-7-8-16/h10-11,13,15-17,25H,2-9,12,14H2,1H3,(H,24,26,27)/t15-,17?/m0/s1. The lowest BCUT2D eigenvalue weighted by molar-refractivity contribution is -0.136. The molecule has 3 rings (SSSR count). The van der Waals surface area contributed by atoms with E-state index in [1.165, 1.54) is 12.1 Å². The molecule has 0 radical (unpaired) electrons. The van der Waals surface area contributed by atoms with Gasteiger partial charge in [-0.1, -0.05) is 19.3 Å². The largest absolute Gasteiger partial charge is 0.490 e. The number of carbonyl (C=O) groups is 2.